The van der Waals surface area contributed by atoms with E-state index in [1.165, 1.54) is 13.2 Å². The first-order valence-electron chi connectivity index (χ1n) is 14.3. The number of halogens is 1. The molecular formula is C31H36FN7O5. The molecule has 44 heavy (non-hydrogen) atoms. The maximum absolute atomic E-state index is 14.3. The van der Waals surface area contributed by atoms with Gasteiger partial charge in [0.05, 0.1) is 32.2 Å². The van der Waals surface area contributed by atoms with E-state index < -0.39 is 17.8 Å². The molecule has 3 N–H and O–H groups in total. The van der Waals surface area contributed by atoms with E-state index in [0.717, 1.165) is 17.8 Å². The molecule has 12 nitrogen and oxygen atoms in total. The maximum Gasteiger partial charge on any atom is 0.322 e. The predicted molar refractivity (Wildman–Crippen MR) is 163 cm³/mol. The van der Waals surface area contributed by atoms with Gasteiger partial charge < -0.3 is 30.1 Å². The van der Waals surface area contributed by atoms with Gasteiger partial charge in [0.15, 0.2) is 23.0 Å². The molecule has 232 valence electrons. The van der Waals surface area contributed by atoms with Gasteiger partial charge in [0.1, 0.15) is 6.04 Å². The number of likely N-dealkylation sites (N-methyl/N-ethyl adjacent to an activating group) is 1. The highest BCUT2D eigenvalue weighted by Gasteiger charge is 2.24. The Kier molecular flexibility index (Phi) is 9.68. The molecule has 1 aliphatic heterocycles. The van der Waals surface area contributed by atoms with Crippen molar-refractivity contribution in [3.8, 4) is 17.0 Å². The number of rotatable bonds is 12. The molecule has 13 heteroatoms. The second kappa shape index (κ2) is 13.8. The summed E-state index contributed by atoms with van der Waals surface area (Å²) in [6.45, 7) is 5.62. The number of piperazine rings is 1. The lowest BCUT2D eigenvalue weighted by Crippen LogP contribution is -2.54. The third-order valence-corrected chi connectivity index (χ3v) is 7.62. The number of carbonyl (C=O) groups excluding carboxylic acids is 1. The van der Waals surface area contributed by atoms with Gasteiger partial charge in [0.25, 0.3) is 5.91 Å². The van der Waals surface area contributed by atoms with Crippen molar-refractivity contribution in [2.45, 2.75) is 13.0 Å². The average Bonchev–Trinajstić information content (AvgIpc) is 3.46. The van der Waals surface area contributed by atoms with Gasteiger partial charge in [-0.15, -0.1) is 0 Å². The van der Waals surface area contributed by atoms with Crippen LogP contribution in [0, 0.1) is 12.7 Å². The fourth-order valence-electron chi connectivity index (χ4n) is 5.15. The van der Waals surface area contributed by atoms with Crippen LogP contribution in [0.2, 0.25) is 0 Å². The molecule has 1 aliphatic rings. The van der Waals surface area contributed by atoms with E-state index >= 15 is 0 Å². The number of carboxylic acids is 1. The minimum Gasteiger partial charge on any atom is -0.494 e. The van der Waals surface area contributed by atoms with Crippen LogP contribution < -0.4 is 15.4 Å². The van der Waals surface area contributed by atoms with E-state index in [1.54, 1.807) is 48.7 Å². The highest BCUT2D eigenvalue weighted by Crippen LogP contribution is 2.29. The number of fused-ring (bicyclic) bond motifs is 1. The van der Waals surface area contributed by atoms with Crippen LogP contribution in [0.4, 0.5) is 15.9 Å². The molecule has 2 aromatic heterocycles. The molecule has 0 bridgehead atoms. The number of imidazole rings is 1. The number of nitrogens with one attached hydrogen (secondary N) is 2. The van der Waals surface area contributed by atoms with E-state index in [2.05, 4.69) is 25.5 Å². The molecule has 0 saturated carbocycles. The fraction of sp³-hybridized carbons (Fsp3) is 0.355. The standard InChI is InChI=1S/C31H36FN7O5/c1-20-16-22(36-28-29-35-18-26(39(29)11-9-34-28)21-4-7-27(43-3)24(32)17-21)5-6-23(20)30(40)37(2)12-14-44-15-13-38-10-8-33-25(19-38)31(41)42/h4-7,9,11,16-18,25,33H,8,10,12-15,19H2,1-3H3,(H,34,36)(H,41,42). The number of anilines is 2. The highest BCUT2D eigenvalue weighted by molar-refractivity contribution is 5.96. The van der Waals surface area contributed by atoms with Crippen LogP contribution in [0.15, 0.2) is 55.0 Å². The summed E-state index contributed by atoms with van der Waals surface area (Å²) in [5.74, 6) is -0.740. The number of benzene rings is 2. The van der Waals surface area contributed by atoms with E-state index in [9.17, 15) is 19.1 Å². The average molecular weight is 606 g/mol. The Hall–Kier alpha value is -4.59. The van der Waals surface area contributed by atoms with Gasteiger partial charge in [-0.3, -0.25) is 18.9 Å². The van der Waals surface area contributed by atoms with Crippen LogP contribution in [0.3, 0.4) is 0 Å². The van der Waals surface area contributed by atoms with Crippen molar-refractivity contribution in [3.63, 3.8) is 0 Å². The van der Waals surface area contributed by atoms with Crippen molar-refractivity contribution in [2.75, 3.05) is 65.4 Å². The summed E-state index contributed by atoms with van der Waals surface area (Å²) < 4.78 is 26.9. The first-order valence-corrected chi connectivity index (χ1v) is 14.3. The van der Waals surface area contributed by atoms with Crippen LogP contribution in [0.5, 0.6) is 5.75 Å². The largest absolute Gasteiger partial charge is 0.494 e. The molecule has 1 unspecified atom stereocenters. The Morgan fingerprint density at radius 2 is 2.05 bits per heavy atom. The fourth-order valence-corrected chi connectivity index (χ4v) is 5.15. The number of aromatic nitrogens is 3. The van der Waals surface area contributed by atoms with Crippen molar-refractivity contribution in [1.29, 1.82) is 0 Å². The van der Waals surface area contributed by atoms with Gasteiger partial charge in [-0.25, -0.2) is 14.4 Å². The number of ether oxygens (including phenoxy) is 2. The van der Waals surface area contributed by atoms with Crippen molar-refractivity contribution in [1.82, 2.24) is 29.5 Å². The Morgan fingerprint density at radius 3 is 2.80 bits per heavy atom. The Morgan fingerprint density at radius 1 is 1.20 bits per heavy atom. The number of carboxylic acid groups (broad SMARTS) is 1. The number of hydrogen-bond donors (Lipinski definition) is 3. The molecule has 1 amide bonds. The predicted octanol–water partition coefficient (Wildman–Crippen LogP) is 3.04. The lowest BCUT2D eigenvalue weighted by molar-refractivity contribution is -0.140. The monoisotopic (exact) mass is 605 g/mol. The number of nitrogens with zero attached hydrogens (tertiary/aromatic N) is 5. The maximum atomic E-state index is 14.3. The summed E-state index contributed by atoms with van der Waals surface area (Å²) in [7, 11) is 3.16. The van der Waals surface area contributed by atoms with E-state index in [0.29, 0.717) is 67.7 Å². The Bertz CT molecular complexity index is 1650. The molecule has 4 aromatic rings. The van der Waals surface area contributed by atoms with Crippen molar-refractivity contribution in [3.05, 3.63) is 71.9 Å². The summed E-state index contributed by atoms with van der Waals surface area (Å²) in [5.41, 5.74) is 4.03. The second-order valence-corrected chi connectivity index (χ2v) is 10.6. The van der Waals surface area contributed by atoms with E-state index in [-0.39, 0.29) is 11.7 Å². The zero-order chi connectivity index (χ0) is 31.2. The van der Waals surface area contributed by atoms with Crippen LogP contribution >= 0.6 is 0 Å². The van der Waals surface area contributed by atoms with E-state index in [4.69, 9.17) is 9.47 Å². The quantitative estimate of drug-likeness (QED) is 0.207. The van der Waals surface area contributed by atoms with Gasteiger partial charge in [-0.2, -0.15) is 0 Å². The molecule has 1 atom stereocenters. The molecule has 1 saturated heterocycles. The molecule has 1 fully saturated rings. The van der Waals surface area contributed by atoms with E-state index in [1.807, 2.05) is 23.5 Å². The van der Waals surface area contributed by atoms with Crippen LogP contribution in [0.25, 0.3) is 16.9 Å². The number of aryl methyl sites for hydroxylation is 1. The van der Waals surface area contributed by atoms with Gasteiger partial charge >= 0.3 is 5.97 Å². The molecule has 2 aromatic carbocycles. The van der Waals surface area contributed by atoms with Gasteiger partial charge in [0.2, 0.25) is 0 Å². The Labute approximate surface area is 254 Å². The number of carbonyl (C=O) groups is 2. The molecule has 3 heterocycles. The molecule has 0 spiro atoms. The van der Waals surface area contributed by atoms with Gasteiger partial charge in [0, 0.05) is 69.0 Å². The number of hydrogen-bond acceptors (Lipinski definition) is 9. The van der Waals surface area contributed by atoms with Crippen LogP contribution in [0.1, 0.15) is 15.9 Å². The first-order chi connectivity index (χ1) is 21.2. The number of amides is 1. The minimum absolute atomic E-state index is 0.117. The normalized spacial score (nSPS) is 15.3. The molecule has 0 aliphatic carbocycles. The lowest BCUT2D eigenvalue weighted by atomic mass is 10.1. The summed E-state index contributed by atoms with van der Waals surface area (Å²) in [6.07, 6.45) is 5.06. The minimum atomic E-state index is -0.847. The van der Waals surface area contributed by atoms with Crippen LogP contribution in [-0.4, -0.2) is 107 Å². The molecular weight excluding hydrogens is 569 g/mol. The van der Waals surface area contributed by atoms with Gasteiger partial charge in [-0.05, 0) is 48.9 Å². The summed E-state index contributed by atoms with van der Waals surface area (Å²) >= 11 is 0. The molecule has 0 radical (unpaired) electrons. The Balaban J connectivity index is 1.17. The SMILES string of the molecule is COc1ccc(-c2cnc3c(Nc4ccc(C(=O)N(C)CCOCCN5CCNC(C(=O)O)C5)c(C)c4)nccn23)cc1F. The van der Waals surface area contributed by atoms with Crippen molar-refractivity contribution < 1.29 is 28.6 Å². The summed E-state index contributed by atoms with van der Waals surface area (Å²) in [6, 6.07) is 9.67. The van der Waals surface area contributed by atoms with Crippen molar-refractivity contribution >= 4 is 29.0 Å². The van der Waals surface area contributed by atoms with Gasteiger partial charge in [-0.1, -0.05) is 0 Å². The first kappa shape index (κ1) is 30.9. The lowest BCUT2D eigenvalue weighted by Gasteiger charge is -2.31. The second-order valence-electron chi connectivity index (χ2n) is 10.6. The molecule has 5 rings (SSSR count). The number of aliphatic carboxylic acids is 1. The van der Waals surface area contributed by atoms with Crippen molar-refractivity contribution in [2.24, 2.45) is 0 Å². The zero-order valence-corrected chi connectivity index (χ0v) is 24.9. The summed E-state index contributed by atoms with van der Waals surface area (Å²) in [5, 5.41) is 15.5. The zero-order valence-electron chi connectivity index (χ0n) is 24.9. The smallest absolute Gasteiger partial charge is 0.322 e. The topological polar surface area (TPSA) is 134 Å². The summed E-state index contributed by atoms with van der Waals surface area (Å²) in [4.78, 5) is 37.0. The number of methoxy groups -OCH3 is 1. The third-order valence-electron chi connectivity index (χ3n) is 7.62. The highest BCUT2D eigenvalue weighted by atomic mass is 19.1. The van der Waals surface area contributed by atoms with Crippen LogP contribution in [-0.2, 0) is 9.53 Å². The third kappa shape index (κ3) is 6.96.